The highest BCUT2D eigenvalue weighted by molar-refractivity contribution is 5.31. The number of fused-ring (bicyclic) bond motifs is 3. The molecule has 0 aromatic carbocycles. The Kier molecular flexibility index (Phi) is 2.19. The summed E-state index contributed by atoms with van der Waals surface area (Å²) in [5.74, 6) is 1.77. The van der Waals surface area contributed by atoms with E-state index in [4.69, 9.17) is 0 Å². The van der Waals surface area contributed by atoms with E-state index in [1.165, 1.54) is 25.7 Å². The Bertz CT molecular complexity index is 386. The first-order valence-electron chi connectivity index (χ1n) is 6.15. The Balaban J connectivity index is 2.06. The van der Waals surface area contributed by atoms with Gasteiger partial charge in [0.15, 0.2) is 0 Å². The highest BCUT2D eigenvalue weighted by Crippen LogP contribution is 2.43. The highest BCUT2D eigenvalue weighted by atomic mass is 14.9. The van der Waals surface area contributed by atoms with E-state index in [0.717, 1.165) is 18.3 Å². The number of hydrogen-bond donors (Lipinski definition) is 0. The van der Waals surface area contributed by atoms with Crippen molar-refractivity contribution in [1.29, 1.82) is 0 Å². The number of aromatic nitrogens is 1. The molecule has 2 atom stereocenters. The summed E-state index contributed by atoms with van der Waals surface area (Å²) in [6.07, 6.45) is 13.7. The van der Waals surface area contributed by atoms with E-state index in [0.29, 0.717) is 0 Å². The molecule has 1 heterocycles. The van der Waals surface area contributed by atoms with Crippen molar-refractivity contribution in [3.8, 4) is 0 Å². The lowest BCUT2D eigenvalue weighted by molar-refractivity contribution is 0.484. The van der Waals surface area contributed by atoms with Crippen molar-refractivity contribution in [2.75, 3.05) is 0 Å². The van der Waals surface area contributed by atoms with Crippen LogP contribution in [0.5, 0.6) is 0 Å². The van der Waals surface area contributed by atoms with Gasteiger partial charge in [0, 0.05) is 25.4 Å². The Morgan fingerprint density at radius 3 is 3.13 bits per heavy atom. The summed E-state index contributed by atoms with van der Waals surface area (Å²) in [7, 11) is 2.18. The highest BCUT2D eigenvalue weighted by Gasteiger charge is 2.30. The third-order valence-corrected chi connectivity index (χ3v) is 4.21. The zero-order chi connectivity index (χ0) is 10.3. The van der Waals surface area contributed by atoms with Crippen LogP contribution in [0.4, 0.5) is 0 Å². The molecule has 1 aromatic heterocycles. The van der Waals surface area contributed by atoms with Crippen molar-refractivity contribution in [2.45, 2.75) is 38.0 Å². The molecular weight excluding hydrogens is 182 g/mol. The van der Waals surface area contributed by atoms with Crippen LogP contribution in [0.2, 0.25) is 0 Å². The lowest BCUT2D eigenvalue weighted by Gasteiger charge is -2.21. The summed E-state index contributed by atoms with van der Waals surface area (Å²) >= 11 is 0. The molecule has 0 amide bonds. The van der Waals surface area contributed by atoms with Crippen molar-refractivity contribution in [2.24, 2.45) is 13.0 Å². The lowest BCUT2D eigenvalue weighted by atomic mass is 9.84. The van der Waals surface area contributed by atoms with Crippen LogP contribution in [-0.4, -0.2) is 4.57 Å². The Labute approximate surface area is 91.8 Å². The molecule has 15 heavy (non-hydrogen) atoms. The van der Waals surface area contributed by atoms with Crippen molar-refractivity contribution >= 4 is 0 Å². The van der Waals surface area contributed by atoms with Gasteiger partial charge in [0.25, 0.3) is 0 Å². The van der Waals surface area contributed by atoms with Gasteiger partial charge in [0.1, 0.15) is 0 Å². The van der Waals surface area contributed by atoms with Gasteiger partial charge >= 0.3 is 0 Å². The zero-order valence-corrected chi connectivity index (χ0v) is 9.45. The summed E-state index contributed by atoms with van der Waals surface area (Å²) in [5.41, 5.74) is 3.19. The van der Waals surface area contributed by atoms with E-state index in [1.807, 2.05) is 0 Å². The third kappa shape index (κ3) is 1.45. The number of rotatable bonds is 0. The monoisotopic (exact) mass is 201 g/mol. The van der Waals surface area contributed by atoms with Crippen LogP contribution >= 0.6 is 0 Å². The zero-order valence-electron chi connectivity index (χ0n) is 9.45. The second-order valence-corrected chi connectivity index (χ2v) is 5.04. The molecule has 1 nitrogen and oxygen atoms in total. The van der Waals surface area contributed by atoms with E-state index in [9.17, 15) is 0 Å². The SMILES string of the molecule is Cn1ccc2c1CC=CC[C@H]1CCC[C@@H]21. The van der Waals surface area contributed by atoms with E-state index in [2.05, 4.69) is 36.0 Å². The summed E-state index contributed by atoms with van der Waals surface area (Å²) in [5, 5.41) is 0. The van der Waals surface area contributed by atoms with Crippen LogP contribution in [0, 0.1) is 5.92 Å². The van der Waals surface area contributed by atoms with Gasteiger partial charge in [0.05, 0.1) is 0 Å². The summed E-state index contributed by atoms with van der Waals surface area (Å²) in [4.78, 5) is 0. The maximum Gasteiger partial charge on any atom is 0.0244 e. The van der Waals surface area contributed by atoms with Crippen LogP contribution in [0.25, 0.3) is 0 Å². The molecule has 1 aromatic rings. The van der Waals surface area contributed by atoms with Gasteiger partial charge in [-0.25, -0.2) is 0 Å². The summed E-state index contributed by atoms with van der Waals surface area (Å²) in [6, 6.07) is 2.36. The average molecular weight is 201 g/mol. The Morgan fingerprint density at radius 1 is 1.27 bits per heavy atom. The molecule has 0 saturated heterocycles. The van der Waals surface area contributed by atoms with E-state index in [1.54, 1.807) is 11.3 Å². The quantitative estimate of drug-likeness (QED) is 0.567. The largest absolute Gasteiger partial charge is 0.354 e. The van der Waals surface area contributed by atoms with Crippen LogP contribution in [0.3, 0.4) is 0 Å². The maximum absolute atomic E-state index is 2.40. The van der Waals surface area contributed by atoms with Gasteiger partial charge in [-0.3, -0.25) is 0 Å². The molecule has 0 bridgehead atoms. The minimum atomic E-state index is 0.853. The number of allylic oxidation sites excluding steroid dienone is 2. The fourth-order valence-electron chi connectivity index (χ4n) is 3.38. The fraction of sp³-hybridized carbons (Fsp3) is 0.571. The molecule has 1 saturated carbocycles. The molecule has 0 spiro atoms. The van der Waals surface area contributed by atoms with Crippen LogP contribution in [0.15, 0.2) is 24.4 Å². The van der Waals surface area contributed by atoms with Crippen molar-refractivity contribution < 1.29 is 0 Å². The molecular formula is C14H19N. The Hall–Kier alpha value is -0.980. The van der Waals surface area contributed by atoms with Gasteiger partial charge in [0.2, 0.25) is 0 Å². The van der Waals surface area contributed by atoms with Crippen LogP contribution < -0.4 is 0 Å². The van der Waals surface area contributed by atoms with E-state index < -0.39 is 0 Å². The van der Waals surface area contributed by atoms with Crippen molar-refractivity contribution in [3.63, 3.8) is 0 Å². The topological polar surface area (TPSA) is 4.93 Å². The average Bonchev–Trinajstić information content (AvgIpc) is 2.76. The molecule has 0 radical (unpaired) electrons. The third-order valence-electron chi connectivity index (χ3n) is 4.21. The van der Waals surface area contributed by atoms with Gasteiger partial charge in [-0.2, -0.15) is 0 Å². The number of aryl methyl sites for hydroxylation is 1. The van der Waals surface area contributed by atoms with Crippen LogP contribution in [0.1, 0.15) is 42.9 Å². The summed E-state index contributed by atoms with van der Waals surface area (Å²) in [6.45, 7) is 0. The van der Waals surface area contributed by atoms with Crippen molar-refractivity contribution in [3.05, 3.63) is 35.7 Å². The molecule has 2 aliphatic rings. The Morgan fingerprint density at radius 2 is 2.20 bits per heavy atom. The van der Waals surface area contributed by atoms with Gasteiger partial charge in [-0.15, -0.1) is 0 Å². The fourth-order valence-corrected chi connectivity index (χ4v) is 3.38. The molecule has 0 aliphatic heterocycles. The van der Waals surface area contributed by atoms with Gasteiger partial charge in [-0.05, 0) is 42.7 Å². The number of hydrogen-bond acceptors (Lipinski definition) is 0. The maximum atomic E-state index is 2.40. The van der Waals surface area contributed by atoms with E-state index in [-0.39, 0.29) is 0 Å². The predicted octanol–water partition coefficient (Wildman–Crippen LogP) is 3.41. The van der Waals surface area contributed by atoms with Crippen LogP contribution in [-0.2, 0) is 13.5 Å². The molecule has 3 rings (SSSR count). The molecule has 2 aliphatic carbocycles. The lowest BCUT2D eigenvalue weighted by Crippen LogP contribution is -2.10. The minimum Gasteiger partial charge on any atom is -0.354 e. The molecule has 0 N–H and O–H groups in total. The van der Waals surface area contributed by atoms with Gasteiger partial charge < -0.3 is 4.57 Å². The molecule has 1 fully saturated rings. The molecule has 1 heteroatoms. The first-order chi connectivity index (χ1) is 7.36. The number of nitrogens with zero attached hydrogens (tertiary/aromatic N) is 1. The smallest absolute Gasteiger partial charge is 0.0244 e. The van der Waals surface area contributed by atoms with Crippen molar-refractivity contribution in [1.82, 2.24) is 4.57 Å². The first kappa shape index (κ1) is 9.26. The van der Waals surface area contributed by atoms with Gasteiger partial charge in [-0.1, -0.05) is 18.6 Å². The second-order valence-electron chi connectivity index (χ2n) is 5.04. The first-order valence-corrected chi connectivity index (χ1v) is 6.15. The normalized spacial score (nSPS) is 29.4. The molecule has 80 valence electrons. The minimum absolute atomic E-state index is 0.853. The standard InChI is InChI=1S/C14H19N/c1-15-10-9-13-12-7-4-6-11(12)5-2-3-8-14(13)15/h2-3,9-12H,4-8H2,1H3/t11-,12+/m0/s1. The molecule has 0 unspecified atom stereocenters. The summed E-state index contributed by atoms with van der Waals surface area (Å²) < 4.78 is 2.31. The second kappa shape index (κ2) is 3.55. The predicted molar refractivity (Wildman–Crippen MR) is 63.0 cm³/mol. The van der Waals surface area contributed by atoms with E-state index >= 15 is 0 Å².